The third-order valence-corrected chi connectivity index (χ3v) is 15.3. The minimum Gasteiger partial charge on any atom is -0.237 e. The quantitative estimate of drug-likeness (QED) is 0.207. The van der Waals surface area contributed by atoms with Gasteiger partial charge in [-0.3, -0.25) is 0 Å². The normalized spacial score (nSPS) is 12.4. The molecule has 0 N–H and O–H groups in total. The fourth-order valence-electron chi connectivity index (χ4n) is 5.41. The molecule has 0 amide bonds. The van der Waals surface area contributed by atoms with E-state index in [1.54, 1.807) is 55.0 Å². The predicted molar refractivity (Wildman–Crippen MR) is 152 cm³/mol. The Bertz CT molecular complexity index is 1570. The van der Waals surface area contributed by atoms with Crippen LogP contribution < -0.4 is 0 Å². The Morgan fingerprint density at radius 3 is 2.14 bits per heavy atom. The van der Waals surface area contributed by atoms with E-state index < -0.39 is 18.1 Å². The Morgan fingerprint density at radius 2 is 1.51 bits per heavy atom. The highest BCUT2D eigenvalue weighted by Crippen LogP contribution is 2.40. The van der Waals surface area contributed by atoms with Gasteiger partial charge in [-0.25, -0.2) is 27.3 Å². The molecule has 1 aromatic carbocycles. The minimum absolute atomic E-state index is 0.207. The highest BCUT2D eigenvalue weighted by Gasteiger charge is 2.41. The molecule has 3 aromatic heterocycles. The van der Waals surface area contributed by atoms with Crippen molar-refractivity contribution in [1.82, 2.24) is 18.9 Å². The first kappa shape index (κ1) is 26.8. The number of hydrogen-bond donors (Lipinski definition) is 0. The van der Waals surface area contributed by atoms with Gasteiger partial charge in [0, 0.05) is 29.5 Å². The van der Waals surface area contributed by atoms with Crippen molar-refractivity contribution >= 4 is 29.1 Å². The predicted octanol–water partition coefficient (Wildman–Crippen LogP) is 6.61. The standard InChI is InChI=1S/C29H34N4O2SSi/c1-20(2)37(21(3)4,22(5)6)18-15-28-30-17-14-27(32-28)26-19-33(29-25(26)9-8-16-31-29)36(34,35)24-12-10-23(7)11-13-24/h8-14,16-17,19-22H,1-7H3. The van der Waals surface area contributed by atoms with Crippen molar-refractivity contribution in [3.05, 3.63) is 72.4 Å². The van der Waals surface area contributed by atoms with E-state index in [4.69, 9.17) is 4.98 Å². The zero-order valence-corrected chi connectivity index (χ0v) is 24.3. The number of pyridine rings is 1. The summed E-state index contributed by atoms with van der Waals surface area (Å²) in [5.41, 5.74) is 7.80. The third-order valence-electron chi connectivity index (χ3n) is 7.30. The van der Waals surface area contributed by atoms with Crippen molar-refractivity contribution in [3.63, 3.8) is 0 Å². The molecule has 37 heavy (non-hydrogen) atoms. The van der Waals surface area contributed by atoms with Crippen LogP contribution in [0.15, 0.2) is 66.0 Å². The molecule has 0 saturated heterocycles. The maximum Gasteiger partial charge on any atom is 0.269 e. The van der Waals surface area contributed by atoms with Gasteiger partial charge in [-0.2, -0.15) is 0 Å². The van der Waals surface area contributed by atoms with Crippen LogP contribution in [0, 0.1) is 18.4 Å². The molecule has 0 aliphatic rings. The lowest BCUT2D eigenvalue weighted by Crippen LogP contribution is -2.43. The summed E-state index contributed by atoms with van der Waals surface area (Å²) in [5, 5.41) is 0.700. The van der Waals surface area contributed by atoms with Crippen LogP contribution in [0.2, 0.25) is 16.6 Å². The topological polar surface area (TPSA) is 77.7 Å². The molecule has 0 aliphatic carbocycles. The summed E-state index contributed by atoms with van der Waals surface area (Å²) in [5.74, 6) is 3.75. The van der Waals surface area contributed by atoms with E-state index in [0.29, 0.717) is 44.7 Å². The molecule has 6 nitrogen and oxygen atoms in total. The first-order valence-corrected chi connectivity index (χ1v) is 16.3. The monoisotopic (exact) mass is 530 g/mol. The van der Waals surface area contributed by atoms with Crippen LogP contribution in [0.3, 0.4) is 0 Å². The smallest absolute Gasteiger partial charge is 0.237 e. The number of hydrogen-bond acceptors (Lipinski definition) is 5. The summed E-state index contributed by atoms with van der Waals surface area (Å²) < 4.78 is 28.3. The Hall–Kier alpha value is -3.28. The van der Waals surface area contributed by atoms with Crippen LogP contribution in [-0.2, 0) is 10.0 Å². The molecular weight excluding hydrogens is 496 g/mol. The highest BCUT2D eigenvalue weighted by atomic mass is 32.2. The number of aryl methyl sites for hydroxylation is 1. The number of nitrogens with zero attached hydrogens (tertiary/aromatic N) is 4. The van der Waals surface area contributed by atoms with Crippen LogP contribution in [0.4, 0.5) is 0 Å². The van der Waals surface area contributed by atoms with Gasteiger partial charge in [-0.1, -0.05) is 59.2 Å². The Labute approximate surface area is 221 Å². The number of benzene rings is 1. The molecule has 0 unspecified atom stereocenters. The summed E-state index contributed by atoms with van der Waals surface area (Å²) in [6, 6.07) is 12.3. The van der Waals surface area contributed by atoms with Crippen molar-refractivity contribution in [2.45, 2.75) is 70.0 Å². The molecule has 0 aliphatic heterocycles. The minimum atomic E-state index is -3.85. The van der Waals surface area contributed by atoms with Crippen LogP contribution in [0.25, 0.3) is 22.3 Å². The van der Waals surface area contributed by atoms with Crippen molar-refractivity contribution < 1.29 is 8.42 Å². The van der Waals surface area contributed by atoms with Gasteiger partial charge >= 0.3 is 0 Å². The Balaban J connectivity index is 1.84. The average molecular weight is 531 g/mol. The molecule has 0 saturated carbocycles. The second kappa shape index (κ2) is 10.2. The lowest BCUT2D eigenvalue weighted by atomic mass is 10.1. The van der Waals surface area contributed by atoms with Crippen molar-refractivity contribution in [2.75, 3.05) is 0 Å². The van der Waals surface area contributed by atoms with Crippen LogP contribution in [-0.4, -0.2) is 35.4 Å². The van der Waals surface area contributed by atoms with E-state index in [1.807, 2.05) is 13.0 Å². The first-order valence-electron chi connectivity index (χ1n) is 12.6. The van der Waals surface area contributed by atoms with E-state index in [2.05, 4.69) is 63.0 Å². The zero-order valence-electron chi connectivity index (χ0n) is 22.5. The van der Waals surface area contributed by atoms with E-state index in [0.717, 1.165) is 5.56 Å². The molecule has 0 fully saturated rings. The molecule has 0 atom stereocenters. The highest BCUT2D eigenvalue weighted by molar-refractivity contribution is 7.90. The lowest BCUT2D eigenvalue weighted by molar-refractivity contribution is 0.589. The van der Waals surface area contributed by atoms with Gasteiger partial charge in [0.05, 0.1) is 10.6 Å². The molecule has 3 heterocycles. The van der Waals surface area contributed by atoms with E-state index in [9.17, 15) is 8.42 Å². The van der Waals surface area contributed by atoms with Gasteiger partial charge in [0.25, 0.3) is 10.0 Å². The van der Waals surface area contributed by atoms with Gasteiger partial charge in [-0.05, 0) is 59.8 Å². The van der Waals surface area contributed by atoms with Crippen LogP contribution in [0.1, 0.15) is 52.9 Å². The van der Waals surface area contributed by atoms with E-state index in [1.165, 1.54) is 3.97 Å². The molecule has 0 spiro atoms. The van der Waals surface area contributed by atoms with Gasteiger partial charge in [0.15, 0.2) is 5.65 Å². The second-order valence-electron chi connectivity index (χ2n) is 10.4. The molecule has 4 rings (SSSR count). The molecule has 8 heteroatoms. The summed E-state index contributed by atoms with van der Waals surface area (Å²) in [6.45, 7) is 15.6. The maximum absolute atomic E-state index is 13.5. The maximum atomic E-state index is 13.5. The molecule has 4 aromatic rings. The average Bonchev–Trinajstić information content (AvgIpc) is 3.25. The fraction of sp³-hybridized carbons (Fsp3) is 0.345. The molecule has 0 radical (unpaired) electrons. The van der Waals surface area contributed by atoms with Crippen LogP contribution in [0.5, 0.6) is 0 Å². The fourth-order valence-corrected chi connectivity index (χ4v) is 11.9. The molecule has 0 bridgehead atoms. The summed E-state index contributed by atoms with van der Waals surface area (Å²) in [7, 11) is -5.80. The summed E-state index contributed by atoms with van der Waals surface area (Å²) >= 11 is 0. The van der Waals surface area contributed by atoms with E-state index >= 15 is 0 Å². The number of aromatic nitrogens is 4. The summed E-state index contributed by atoms with van der Waals surface area (Å²) in [4.78, 5) is 13.8. The van der Waals surface area contributed by atoms with Gasteiger partial charge in [0.1, 0.15) is 8.07 Å². The van der Waals surface area contributed by atoms with Crippen molar-refractivity contribution in [2.24, 2.45) is 0 Å². The van der Waals surface area contributed by atoms with E-state index in [-0.39, 0.29) is 4.90 Å². The second-order valence-corrected chi connectivity index (χ2v) is 17.8. The van der Waals surface area contributed by atoms with Crippen molar-refractivity contribution in [1.29, 1.82) is 0 Å². The number of fused-ring (bicyclic) bond motifs is 1. The zero-order chi connectivity index (χ0) is 27.0. The Kier molecular flexibility index (Phi) is 7.40. The third kappa shape index (κ3) is 4.86. The van der Waals surface area contributed by atoms with Gasteiger partial charge < -0.3 is 0 Å². The largest absolute Gasteiger partial charge is 0.269 e. The van der Waals surface area contributed by atoms with Gasteiger partial charge in [0.2, 0.25) is 5.82 Å². The molecule has 192 valence electrons. The van der Waals surface area contributed by atoms with Gasteiger partial charge in [-0.15, -0.1) is 5.54 Å². The van der Waals surface area contributed by atoms with Crippen molar-refractivity contribution in [3.8, 4) is 22.7 Å². The summed E-state index contributed by atoms with van der Waals surface area (Å²) in [6.07, 6.45) is 4.88. The van der Waals surface area contributed by atoms with Crippen LogP contribution >= 0.6 is 0 Å². The first-order chi connectivity index (χ1) is 17.5. The lowest BCUT2D eigenvalue weighted by Gasteiger charge is -2.37. The molecular formula is C29H34N4O2SSi. The Morgan fingerprint density at radius 1 is 0.865 bits per heavy atom. The number of rotatable bonds is 6. The SMILES string of the molecule is Cc1ccc(S(=O)(=O)n2cc(-c3ccnc(C#C[Si](C(C)C)(C(C)C)C(C)C)n3)c3cccnc32)cc1.